The standard InChI is InChI=1S/C19H27F3N6/c1-4-23-18(27-10-8-26(9-11-27)15(3)19(20,21)22)24-12-16-13-28-14(2)6-5-7-17(28)25-16/h5-7,13,15H,4,8-12H2,1-3H3,(H,23,24). The number of nitrogens with zero attached hydrogens (tertiary/aromatic N) is 5. The zero-order valence-electron chi connectivity index (χ0n) is 16.5. The van der Waals surface area contributed by atoms with Crippen LogP contribution in [0.3, 0.4) is 0 Å². The van der Waals surface area contributed by atoms with Crippen LogP contribution in [0.1, 0.15) is 25.2 Å². The van der Waals surface area contributed by atoms with Crippen LogP contribution in [-0.4, -0.2) is 70.1 Å². The van der Waals surface area contributed by atoms with Gasteiger partial charge in [-0.05, 0) is 32.9 Å². The van der Waals surface area contributed by atoms with Crippen LogP contribution in [0, 0.1) is 6.92 Å². The van der Waals surface area contributed by atoms with Crippen molar-refractivity contribution in [3.05, 3.63) is 35.8 Å². The number of rotatable bonds is 4. The normalized spacial score (nSPS) is 17.9. The number of piperazine rings is 1. The Morgan fingerprint density at radius 1 is 1.25 bits per heavy atom. The summed E-state index contributed by atoms with van der Waals surface area (Å²) < 4.78 is 40.8. The number of pyridine rings is 1. The predicted octanol–water partition coefficient (Wildman–Crippen LogP) is 2.68. The Bertz CT molecular complexity index is 821. The Morgan fingerprint density at radius 2 is 1.96 bits per heavy atom. The van der Waals surface area contributed by atoms with E-state index in [0.717, 1.165) is 23.0 Å². The number of aromatic nitrogens is 2. The first kappa shape index (κ1) is 20.4. The van der Waals surface area contributed by atoms with Crippen LogP contribution in [-0.2, 0) is 6.54 Å². The van der Waals surface area contributed by atoms with E-state index in [1.165, 1.54) is 11.8 Å². The molecular weight excluding hydrogens is 369 g/mol. The molecule has 3 rings (SSSR count). The number of aryl methyl sites for hydroxylation is 1. The van der Waals surface area contributed by atoms with Gasteiger partial charge in [-0.15, -0.1) is 0 Å². The van der Waals surface area contributed by atoms with Gasteiger partial charge in [0.05, 0.1) is 12.2 Å². The van der Waals surface area contributed by atoms with E-state index in [-0.39, 0.29) is 0 Å². The molecule has 3 heterocycles. The van der Waals surface area contributed by atoms with Crippen LogP contribution in [0.2, 0.25) is 0 Å². The van der Waals surface area contributed by atoms with E-state index in [1.807, 2.05) is 47.5 Å². The zero-order valence-corrected chi connectivity index (χ0v) is 16.5. The van der Waals surface area contributed by atoms with Gasteiger partial charge in [0.25, 0.3) is 0 Å². The lowest BCUT2D eigenvalue weighted by Crippen LogP contribution is -2.56. The molecule has 154 valence electrons. The molecule has 2 aromatic rings. The first-order valence-corrected chi connectivity index (χ1v) is 9.57. The van der Waals surface area contributed by atoms with E-state index in [0.29, 0.717) is 39.3 Å². The maximum absolute atomic E-state index is 12.9. The second-order valence-electron chi connectivity index (χ2n) is 7.04. The van der Waals surface area contributed by atoms with E-state index in [2.05, 4.69) is 15.3 Å². The molecule has 28 heavy (non-hydrogen) atoms. The van der Waals surface area contributed by atoms with Crippen molar-refractivity contribution < 1.29 is 13.2 Å². The lowest BCUT2D eigenvalue weighted by Gasteiger charge is -2.39. The maximum atomic E-state index is 12.9. The van der Waals surface area contributed by atoms with Gasteiger partial charge in [-0.1, -0.05) is 6.07 Å². The molecule has 1 fully saturated rings. The topological polar surface area (TPSA) is 48.2 Å². The summed E-state index contributed by atoms with van der Waals surface area (Å²) in [5, 5.41) is 3.24. The highest BCUT2D eigenvalue weighted by molar-refractivity contribution is 5.80. The smallest absolute Gasteiger partial charge is 0.357 e. The fourth-order valence-electron chi connectivity index (χ4n) is 3.38. The molecular formula is C19H27F3N6. The fraction of sp³-hybridized carbons (Fsp3) is 0.579. The molecule has 1 aliphatic heterocycles. The van der Waals surface area contributed by atoms with Crippen LogP contribution in [0.15, 0.2) is 29.4 Å². The van der Waals surface area contributed by atoms with Gasteiger partial charge in [0, 0.05) is 44.6 Å². The lowest BCUT2D eigenvalue weighted by molar-refractivity contribution is -0.181. The third kappa shape index (κ3) is 4.57. The monoisotopic (exact) mass is 396 g/mol. The molecule has 1 atom stereocenters. The summed E-state index contributed by atoms with van der Waals surface area (Å²) in [6, 6.07) is 4.52. The van der Waals surface area contributed by atoms with Gasteiger partial charge < -0.3 is 14.6 Å². The Balaban J connectivity index is 1.67. The van der Waals surface area contributed by atoms with Gasteiger partial charge in [-0.2, -0.15) is 13.2 Å². The van der Waals surface area contributed by atoms with Crippen molar-refractivity contribution in [2.75, 3.05) is 32.7 Å². The van der Waals surface area contributed by atoms with E-state index in [4.69, 9.17) is 0 Å². The molecule has 1 saturated heterocycles. The second kappa shape index (κ2) is 8.38. The third-order valence-electron chi connectivity index (χ3n) is 5.11. The summed E-state index contributed by atoms with van der Waals surface area (Å²) in [5.74, 6) is 0.718. The number of fused-ring (bicyclic) bond motifs is 1. The average molecular weight is 396 g/mol. The molecule has 0 saturated carbocycles. The summed E-state index contributed by atoms with van der Waals surface area (Å²) in [5.41, 5.74) is 2.83. The van der Waals surface area contributed by atoms with Crippen molar-refractivity contribution in [2.24, 2.45) is 4.99 Å². The predicted molar refractivity (Wildman–Crippen MR) is 103 cm³/mol. The Morgan fingerprint density at radius 3 is 2.57 bits per heavy atom. The molecule has 1 aliphatic rings. The summed E-state index contributed by atoms with van der Waals surface area (Å²) >= 11 is 0. The van der Waals surface area contributed by atoms with Crippen LogP contribution in [0.25, 0.3) is 5.65 Å². The molecule has 0 radical (unpaired) electrons. The minimum absolute atomic E-state index is 0.360. The first-order valence-electron chi connectivity index (χ1n) is 9.57. The number of imidazole rings is 1. The molecule has 9 heteroatoms. The minimum Gasteiger partial charge on any atom is -0.357 e. The number of aliphatic imine (C=N–C) groups is 1. The number of hydrogen-bond donors (Lipinski definition) is 1. The van der Waals surface area contributed by atoms with Gasteiger partial charge in [0.2, 0.25) is 0 Å². The largest absolute Gasteiger partial charge is 0.403 e. The van der Waals surface area contributed by atoms with Crippen molar-refractivity contribution in [3.63, 3.8) is 0 Å². The Hall–Kier alpha value is -2.29. The van der Waals surface area contributed by atoms with Crippen molar-refractivity contribution in [1.82, 2.24) is 24.5 Å². The quantitative estimate of drug-likeness (QED) is 0.638. The van der Waals surface area contributed by atoms with Gasteiger partial charge in [-0.3, -0.25) is 4.90 Å². The highest BCUT2D eigenvalue weighted by Gasteiger charge is 2.41. The minimum atomic E-state index is -4.19. The second-order valence-corrected chi connectivity index (χ2v) is 7.04. The number of alkyl halides is 3. The number of nitrogens with one attached hydrogen (secondary N) is 1. The number of guanidine groups is 1. The Labute approximate surface area is 163 Å². The van der Waals surface area contributed by atoms with Crippen molar-refractivity contribution in [1.29, 1.82) is 0 Å². The molecule has 0 spiro atoms. The van der Waals surface area contributed by atoms with Gasteiger partial charge in [0.1, 0.15) is 11.7 Å². The molecule has 1 unspecified atom stereocenters. The SMILES string of the molecule is CCNC(=NCc1cn2c(C)cccc2n1)N1CCN(C(C)C(F)(F)F)CC1. The van der Waals surface area contributed by atoms with Crippen LogP contribution in [0.5, 0.6) is 0 Å². The van der Waals surface area contributed by atoms with Crippen LogP contribution >= 0.6 is 0 Å². The number of halogens is 3. The highest BCUT2D eigenvalue weighted by Crippen LogP contribution is 2.25. The van der Waals surface area contributed by atoms with Gasteiger partial charge in [0.15, 0.2) is 5.96 Å². The Kier molecular flexibility index (Phi) is 6.12. The molecule has 0 bridgehead atoms. The molecule has 0 aromatic carbocycles. The zero-order chi connectivity index (χ0) is 20.3. The molecule has 6 nitrogen and oxygen atoms in total. The van der Waals surface area contributed by atoms with E-state index in [1.54, 1.807) is 0 Å². The summed E-state index contributed by atoms with van der Waals surface area (Å²) in [6.45, 7) is 8.08. The van der Waals surface area contributed by atoms with Gasteiger partial charge in [-0.25, -0.2) is 9.98 Å². The van der Waals surface area contributed by atoms with Crippen LogP contribution < -0.4 is 5.32 Å². The van der Waals surface area contributed by atoms with E-state index >= 15 is 0 Å². The van der Waals surface area contributed by atoms with Crippen molar-refractivity contribution in [2.45, 2.75) is 39.5 Å². The lowest BCUT2D eigenvalue weighted by atomic mass is 10.2. The summed E-state index contributed by atoms with van der Waals surface area (Å²) in [6.07, 6.45) is -2.22. The molecule has 0 amide bonds. The summed E-state index contributed by atoms with van der Waals surface area (Å²) in [7, 11) is 0. The van der Waals surface area contributed by atoms with E-state index in [9.17, 15) is 13.2 Å². The summed E-state index contributed by atoms with van der Waals surface area (Å²) in [4.78, 5) is 12.8. The number of hydrogen-bond acceptors (Lipinski definition) is 3. The van der Waals surface area contributed by atoms with Crippen LogP contribution in [0.4, 0.5) is 13.2 Å². The van der Waals surface area contributed by atoms with E-state index < -0.39 is 12.2 Å². The molecule has 0 aliphatic carbocycles. The highest BCUT2D eigenvalue weighted by atomic mass is 19.4. The average Bonchev–Trinajstić information content (AvgIpc) is 3.08. The van der Waals surface area contributed by atoms with Crippen molar-refractivity contribution in [3.8, 4) is 0 Å². The van der Waals surface area contributed by atoms with Crippen molar-refractivity contribution >= 4 is 11.6 Å². The fourth-order valence-corrected chi connectivity index (χ4v) is 3.38. The van der Waals surface area contributed by atoms with Gasteiger partial charge >= 0.3 is 6.18 Å². The molecule has 2 aromatic heterocycles. The maximum Gasteiger partial charge on any atom is 0.403 e. The molecule has 1 N–H and O–H groups in total. The third-order valence-corrected chi connectivity index (χ3v) is 5.11. The first-order chi connectivity index (χ1) is 13.3.